The maximum Gasteiger partial charge on any atom is 0.271 e. The normalized spacial score (nSPS) is 19.9. The van der Waals surface area contributed by atoms with Crippen molar-refractivity contribution in [2.45, 2.75) is 6.04 Å². The van der Waals surface area contributed by atoms with Crippen molar-refractivity contribution in [1.29, 1.82) is 0 Å². The Bertz CT molecular complexity index is 486. The highest BCUT2D eigenvalue weighted by Gasteiger charge is 2.32. The molecule has 0 saturated carbocycles. The second-order valence-corrected chi connectivity index (χ2v) is 5.06. The van der Waals surface area contributed by atoms with Gasteiger partial charge in [0.15, 0.2) is 0 Å². The quantitative estimate of drug-likeness (QED) is 0.841. The summed E-state index contributed by atoms with van der Waals surface area (Å²) >= 11 is 3.31. The summed E-state index contributed by atoms with van der Waals surface area (Å²) in [5.41, 5.74) is 5.80. The van der Waals surface area contributed by atoms with Crippen LogP contribution >= 0.6 is 15.9 Å². The Kier molecular flexibility index (Phi) is 3.72. The molecule has 7 heteroatoms. The smallest absolute Gasteiger partial charge is 0.271 e. The zero-order chi connectivity index (χ0) is 13.3. The molecule has 1 atom stereocenters. The zero-order valence-corrected chi connectivity index (χ0v) is 11.5. The van der Waals surface area contributed by atoms with Gasteiger partial charge in [-0.25, -0.2) is 0 Å². The van der Waals surface area contributed by atoms with Gasteiger partial charge in [0, 0.05) is 24.3 Å². The number of nitrogens with two attached hydrogens (primary N) is 1. The fraction of sp³-hybridized carbons (Fsp3) is 0.455. The van der Waals surface area contributed by atoms with Crippen LogP contribution in [0.1, 0.15) is 10.5 Å². The summed E-state index contributed by atoms with van der Waals surface area (Å²) in [4.78, 5) is 25.2. The molecule has 0 aliphatic carbocycles. The lowest BCUT2D eigenvalue weighted by molar-refractivity contribution is -0.127. The van der Waals surface area contributed by atoms with E-state index in [-0.39, 0.29) is 12.5 Å². The lowest BCUT2D eigenvalue weighted by atomic mass is 10.2. The van der Waals surface area contributed by atoms with E-state index in [1.54, 1.807) is 23.9 Å². The van der Waals surface area contributed by atoms with Gasteiger partial charge in [-0.1, -0.05) is 0 Å². The molecule has 1 aliphatic rings. The fourth-order valence-electron chi connectivity index (χ4n) is 1.97. The highest BCUT2D eigenvalue weighted by Crippen LogP contribution is 2.18. The van der Waals surface area contributed by atoms with Crippen molar-refractivity contribution in [2.24, 2.45) is 12.8 Å². The first kappa shape index (κ1) is 13.1. The minimum Gasteiger partial charge on any atom is -0.377 e. The molecule has 1 aromatic heterocycles. The highest BCUT2D eigenvalue weighted by molar-refractivity contribution is 9.10. The molecule has 1 fully saturated rings. The van der Waals surface area contributed by atoms with E-state index in [9.17, 15) is 9.59 Å². The SMILES string of the molecule is Cn1cc(Br)cc1C(=O)N1CCOCC1C(N)=O. The summed E-state index contributed by atoms with van der Waals surface area (Å²) in [7, 11) is 1.78. The number of halogens is 1. The number of rotatable bonds is 2. The van der Waals surface area contributed by atoms with Crippen LogP contribution in [0.25, 0.3) is 0 Å². The zero-order valence-electron chi connectivity index (χ0n) is 9.93. The van der Waals surface area contributed by atoms with Gasteiger partial charge in [-0.2, -0.15) is 0 Å². The number of ether oxygens (including phenoxy) is 1. The largest absolute Gasteiger partial charge is 0.377 e. The first-order valence-corrected chi connectivity index (χ1v) is 6.30. The van der Waals surface area contributed by atoms with Gasteiger partial charge in [0.05, 0.1) is 13.2 Å². The molecule has 2 N–H and O–H groups in total. The third-order valence-electron chi connectivity index (χ3n) is 2.91. The molecule has 1 aliphatic heterocycles. The Morgan fingerprint density at radius 1 is 1.56 bits per heavy atom. The minimum absolute atomic E-state index is 0.159. The summed E-state index contributed by atoms with van der Waals surface area (Å²) < 4.78 is 7.71. The van der Waals surface area contributed by atoms with E-state index in [1.807, 2.05) is 0 Å². The van der Waals surface area contributed by atoms with Crippen molar-refractivity contribution in [2.75, 3.05) is 19.8 Å². The summed E-state index contributed by atoms with van der Waals surface area (Å²) in [5, 5.41) is 0. The number of carbonyl (C=O) groups excluding carboxylic acids is 2. The molecule has 0 radical (unpaired) electrons. The molecule has 1 saturated heterocycles. The number of amides is 2. The van der Waals surface area contributed by atoms with Gasteiger partial charge in [0.2, 0.25) is 5.91 Å². The standard InChI is InChI=1S/C11H14BrN3O3/c1-14-5-7(12)4-8(14)11(17)15-2-3-18-6-9(15)10(13)16/h4-5,9H,2-3,6H2,1H3,(H2,13,16). The first-order valence-electron chi connectivity index (χ1n) is 5.50. The number of carbonyl (C=O) groups is 2. The van der Waals surface area contributed by atoms with Crippen LogP contribution in [0.15, 0.2) is 16.7 Å². The molecule has 0 bridgehead atoms. The van der Waals surface area contributed by atoms with E-state index in [0.717, 1.165) is 4.47 Å². The Morgan fingerprint density at radius 2 is 2.28 bits per heavy atom. The average molecular weight is 316 g/mol. The topological polar surface area (TPSA) is 77.6 Å². The molecule has 2 rings (SSSR count). The van der Waals surface area contributed by atoms with Crippen LogP contribution in [0.2, 0.25) is 0 Å². The monoisotopic (exact) mass is 315 g/mol. The van der Waals surface area contributed by atoms with Gasteiger partial charge >= 0.3 is 0 Å². The van der Waals surface area contributed by atoms with Gasteiger partial charge in [-0.3, -0.25) is 9.59 Å². The van der Waals surface area contributed by atoms with E-state index in [2.05, 4.69) is 15.9 Å². The molecular weight excluding hydrogens is 302 g/mol. The van der Waals surface area contributed by atoms with Gasteiger partial charge < -0.3 is 19.9 Å². The average Bonchev–Trinajstić information content (AvgIpc) is 2.67. The predicted molar refractivity (Wildman–Crippen MR) is 68.0 cm³/mol. The van der Waals surface area contributed by atoms with Gasteiger partial charge in [-0.15, -0.1) is 0 Å². The van der Waals surface area contributed by atoms with Crippen molar-refractivity contribution < 1.29 is 14.3 Å². The summed E-state index contributed by atoms with van der Waals surface area (Å²) in [6, 6.07) is 1.02. The molecule has 1 unspecified atom stereocenters. The Morgan fingerprint density at radius 3 is 2.83 bits per heavy atom. The Labute approximate surface area is 113 Å². The van der Waals surface area contributed by atoms with Crippen LogP contribution in [0.3, 0.4) is 0 Å². The minimum atomic E-state index is -0.695. The van der Waals surface area contributed by atoms with Gasteiger partial charge in [0.1, 0.15) is 11.7 Å². The molecular formula is C11H14BrN3O3. The van der Waals surface area contributed by atoms with Crippen LogP contribution < -0.4 is 5.73 Å². The van der Waals surface area contributed by atoms with Crippen LogP contribution in [-0.4, -0.2) is 47.1 Å². The van der Waals surface area contributed by atoms with Crippen LogP contribution in [0.4, 0.5) is 0 Å². The molecule has 0 aromatic carbocycles. The molecule has 2 heterocycles. The Balaban J connectivity index is 2.26. The highest BCUT2D eigenvalue weighted by atomic mass is 79.9. The molecule has 6 nitrogen and oxygen atoms in total. The van der Waals surface area contributed by atoms with Crippen molar-refractivity contribution >= 4 is 27.7 Å². The lowest BCUT2D eigenvalue weighted by Gasteiger charge is -2.33. The Hall–Kier alpha value is -1.34. The maximum atomic E-state index is 12.4. The number of morpholine rings is 1. The van der Waals surface area contributed by atoms with E-state index in [4.69, 9.17) is 10.5 Å². The van der Waals surface area contributed by atoms with Gasteiger partial charge in [0.25, 0.3) is 5.91 Å². The molecule has 0 spiro atoms. The van der Waals surface area contributed by atoms with E-state index < -0.39 is 11.9 Å². The number of nitrogens with zero attached hydrogens (tertiary/aromatic N) is 2. The number of primary amides is 1. The number of hydrogen-bond donors (Lipinski definition) is 1. The van der Waals surface area contributed by atoms with Crippen molar-refractivity contribution in [1.82, 2.24) is 9.47 Å². The summed E-state index contributed by atoms with van der Waals surface area (Å²) in [6.07, 6.45) is 1.78. The number of aryl methyl sites for hydroxylation is 1. The van der Waals surface area contributed by atoms with Crippen LogP contribution in [-0.2, 0) is 16.6 Å². The molecule has 18 heavy (non-hydrogen) atoms. The first-order chi connectivity index (χ1) is 8.50. The fourth-order valence-corrected chi connectivity index (χ4v) is 2.49. The third-order valence-corrected chi connectivity index (χ3v) is 3.34. The van der Waals surface area contributed by atoms with Crippen molar-refractivity contribution in [3.8, 4) is 0 Å². The molecule has 1 aromatic rings. The van der Waals surface area contributed by atoms with Crippen molar-refractivity contribution in [3.05, 3.63) is 22.4 Å². The van der Waals surface area contributed by atoms with Crippen molar-refractivity contribution in [3.63, 3.8) is 0 Å². The second-order valence-electron chi connectivity index (χ2n) is 4.15. The summed E-state index contributed by atoms with van der Waals surface area (Å²) in [6.45, 7) is 0.947. The van der Waals surface area contributed by atoms with Crippen LogP contribution in [0, 0.1) is 0 Å². The van der Waals surface area contributed by atoms with E-state index in [1.165, 1.54) is 4.90 Å². The number of hydrogen-bond acceptors (Lipinski definition) is 3. The number of aromatic nitrogens is 1. The predicted octanol–water partition coefficient (Wildman–Crippen LogP) is 0.114. The summed E-state index contributed by atoms with van der Waals surface area (Å²) in [5.74, 6) is -0.758. The van der Waals surface area contributed by atoms with E-state index in [0.29, 0.717) is 18.8 Å². The maximum absolute atomic E-state index is 12.4. The second kappa shape index (κ2) is 5.11. The lowest BCUT2D eigenvalue weighted by Crippen LogP contribution is -2.55. The van der Waals surface area contributed by atoms with E-state index >= 15 is 0 Å². The molecule has 2 amide bonds. The van der Waals surface area contributed by atoms with Crippen LogP contribution in [0.5, 0.6) is 0 Å². The van der Waals surface area contributed by atoms with Gasteiger partial charge in [-0.05, 0) is 22.0 Å². The third kappa shape index (κ3) is 2.41. The molecule has 98 valence electrons.